The lowest BCUT2D eigenvalue weighted by atomic mass is 10.2. The van der Waals surface area contributed by atoms with Gasteiger partial charge in [0.2, 0.25) is 0 Å². The molecule has 2 aromatic heterocycles. The zero-order valence-electron chi connectivity index (χ0n) is 12.3. The molecule has 22 heavy (non-hydrogen) atoms. The minimum Gasteiger partial charge on any atom is -0.465 e. The predicted octanol–water partition coefficient (Wildman–Crippen LogP) is 2.51. The molecule has 0 aliphatic carbocycles. The van der Waals surface area contributed by atoms with Gasteiger partial charge in [-0.25, -0.2) is 9.78 Å². The first kappa shape index (κ1) is 14.9. The SMILES string of the molecule is COC(=O)c1sc2nc(C)ccc2c1NC(=O)C1CCCO1. The highest BCUT2D eigenvalue weighted by molar-refractivity contribution is 7.21. The molecule has 1 saturated heterocycles. The third-order valence-electron chi connectivity index (χ3n) is 3.54. The second-order valence-electron chi connectivity index (χ2n) is 5.09. The van der Waals surface area contributed by atoms with Crippen molar-refractivity contribution in [1.82, 2.24) is 4.98 Å². The Balaban J connectivity index is 2.01. The summed E-state index contributed by atoms with van der Waals surface area (Å²) in [6.07, 6.45) is 1.10. The summed E-state index contributed by atoms with van der Waals surface area (Å²) in [4.78, 5) is 29.7. The van der Waals surface area contributed by atoms with E-state index in [1.807, 2.05) is 19.1 Å². The van der Waals surface area contributed by atoms with Gasteiger partial charge >= 0.3 is 5.97 Å². The summed E-state index contributed by atoms with van der Waals surface area (Å²) in [5, 5.41) is 3.55. The number of carbonyl (C=O) groups is 2. The Kier molecular flexibility index (Phi) is 4.08. The van der Waals surface area contributed by atoms with Crippen molar-refractivity contribution in [3.05, 3.63) is 22.7 Å². The number of ether oxygens (including phenoxy) is 2. The summed E-state index contributed by atoms with van der Waals surface area (Å²) in [5.74, 6) is -0.716. The van der Waals surface area contributed by atoms with Crippen LogP contribution < -0.4 is 5.32 Å². The number of aryl methyl sites for hydroxylation is 1. The molecule has 1 atom stereocenters. The molecule has 3 heterocycles. The van der Waals surface area contributed by atoms with Crippen molar-refractivity contribution in [3.8, 4) is 0 Å². The Morgan fingerprint density at radius 3 is 2.95 bits per heavy atom. The zero-order chi connectivity index (χ0) is 15.7. The highest BCUT2D eigenvalue weighted by atomic mass is 32.1. The molecule has 1 unspecified atom stereocenters. The van der Waals surface area contributed by atoms with Gasteiger partial charge in [-0.05, 0) is 31.9 Å². The zero-order valence-corrected chi connectivity index (χ0v) is 13.2. The van der Waals surface area contributed by atoms with Crippen LogP contribution in [0.5, 0.6) is 0 Å². The molecule has 2 aromatic rings. The normalized spacial score (nSPS) is 17.6. The molecule has 3 rings (SSSR count). The number of fused-ring (bicyclic) bond motifs is 1. The van der Waals surface area contributed by atoms with Crippen LogP contribution in [0, 0.1) is 6.92 Å². The molecule has 1 amide bonds. The fraction of sp³-hybridized carbons (Fsp3) is 0.400. The molecule has 116 valence electrons. The number of rotatable bonds is 3. The van der Waals surface area contributed by atoms with E-state index in [0.29, 0.717) is 28.4 Å². The monoisotopic (exact) mass is 320 g/mol. The van der Waals surface area contributed by atoms with Crippen LogP contribution in [0.15, 0.2) is 12.1 Å². The maximum atomic E-state index is 12.3. The van der Waals surface area contributed by atoms with Crippen molar-refractivity contribution in [2.24, 2.45) is 0 Å². The van der Waals surface area contributed by atoms with E-state index in [1.165, 1.54) is 18.4 Å². The van der Waals surface area contributed by atoms with Gasteiger partial charge in [-0.3, -0.25) is 4.79 Å². The van der Waals surface area contributed by atoms with Crippen LogP contribution in [0.25, 0.3) is 10.2 Å². The second kappa shape index (κ2) is 6.02. The van der Waals surface area contributed by atoms with Gasteiger partial charge in [-0.15, -0.1) is 11.3 Å². The fourth-order valence-electron chi connectivity index (χ4n) is 2.42. The maximum absolute atomic E-state index is 12.3. The van der Waals surface area contributed by atoms with Gasteiger partial charge in [0, 0.05) is 17.7 Å². The molecule has 6 nitrogen and oxygen atoms in total. The maximum Gasteiger partial charge on any atom is 0.350 e. The quantitative estimate of drug-likeness (QED) is 0.879. The van der Waals surface area contributed by atoms with E-state index in [9.17, 15) is 9.59 Å². The van der Waals surface area contributed by atoms with Crippen molar-refractivity contribution < 1.29 is 19.1 Å². The van der Waals surface area contributed by atoms with Crippen LogP contribution in [0.2, 0.25) is 0 Å². The lowest BCUT2D eigenvalue weighted by Gasteiger charge is -2.11. The molecule has 1 fully saturated rings. The number of nitrogens with one attached hydrogen (secondary N) is 1. The largest absolute Gasteiger partial charge is 0.465 e. The van der Waals surface area contributed by atoms with Gasteiger partial charge in [0.25, 0.3) is 5.91 Å². The average molecular weight is 320 g/mol. The molecule has 0 bridgehead atoms. The molecule has 0 saturated carbocycles. The van der Waals surface area contributed by atoms with Crippen molar-refractivity contribution in [1.29, 1.82) is 0 Å². The Morgan fingerprint density at radius 2 is 2.27 bits per heavy atom. The molecular weight excluding hydrogens is 304 g/mol. The molecule has 1 aliphatic rings. The highest BCUT2D eigenvalue weighted by Crippen LogP contribution is 2.35. The van der Waals surface area contributed by atoms with E-state index in [4.69, 9.17) is 9.47 Å². The van der Waals surface area contributed by atoms with Gasteiger partial charge in [-0.1, -0.05) is 0 Å². The first-order chi connectivity index (χ1) is 10.6. The smallest absolute Gasteiger partial charge is 0.350 e. The number of amides is 1. The van der Waals surface area contributed by atoms with Gasteiger partial charge in [0.05, 0.1) is 12.8 Å². The first-order valence-electron chi connectivity index (χ1n) is 7.01. The summed E-state index contributed by atoms with van der Waals surface area (Å²) in [6, 6.07) is 3.70. The third-order valence-corrected chi connectivity index (χ3v) is 4.62. The summed E-state index contributed by atoms with van der Waals surface area (Å²) >= 11 is 1.21. The first-order valence-corrected chi connectivity index (χ1v) is 7.82. The van der Waals surface area contributed by atoms with E-state index in [1.54, 1.807) is 0 Å². The summed E-state index contributed by atoms with van der Waals surface area (Å²) in [5.41, 5.74) is 1.31. The third kappa shape index (κ3) is 2.69. The number of hydrogen-bond acceptors (Lipinski definition) is 6. The molecule has 1 N–H and O–H groups in total. The topological polar surface area (TPSA) is 77.5 Å². The number of aromatic nitrogens is 1. The summed E-state index contributed by atoms with van der Waals surface area (Å²) in [7, 11) is 1.32. The number of anilines is 1. The molecule has 0 radical (unpaired) electrons. The Bertz CT molecular complexity index is 734. The average Bonchev–Trinajstić information content (AvgIpc) is 3.14. The number of hydrogen-bond donors (Lipinski definition) is 1. The summed E-state index contributed by atoms with van der Waals surface area (Å²) < 4.78 is 10.2. The van der Waals surface area contributed by atoms with Crippen molar-refractivity contribution >= 4 is 39.1 Å². The van der Waals surface area contributed by atoms with E-state index < -0.39 is 12.1 Å². The van der Waals surface area contributed by atoms with E-state index in [-0.39, 0.29) is 5.91 Å². The van der Waals surface area contributed by atoms with Crippen LogP contribution in [0.4, 0.5) is 5.69 Å². The van der Waals surface area contributed by atoms with Crippen LogP contribution in [-0.4, -0.2) is 36.7 Å². The Labute approximate surface area is 131 Å². The van der Waals surface area contributed by atoms with Crippen molar-refractivity contribution in [3.63, 3.8) is 0 Å². The Morgan fingerprint density at radius 1 is 1.45 bits per heavy atom. The van der Waals surface area contributed by atoms with Crippen LogP contribution in [-0.2, 0) is 14.3 Å². The molecule has 0 spiro atoms. The lowest BCUT2D eigenvalue weighted by molar-refractivity contribution is -0.124. The number of esters is 1. The number of methoxy groups -OCH3 is 1. The standard InChI is InChI=1S/C15H16N2O4S/c1-8-5-6-9-11(17-13(18)10-4-3-7-21-10)12(15(19)20-2)22-14(9)16-8/h5-6,10H,3-4,7H2,1-2H3,(H,17,18). The van der Waals surface area contributed by atoms with Gasteiger partial charge in [0.15, 0.2) is 0 Å². The molecular formula is C15H16N2O4S. The van der Waals surface area contributed by atoms with Crippen molar-refractivity contribution in [2.75, 3.05) is 19.0 Å². The molecule has 0 aromatic carbocycles. The molecule has 7 heteroatoms. The highest BCUT2D eigenvalue weighted by Gasteiger charge is 2.27. The number of thiophene rings is 1. The summed E-state index contributed by atoms with van der Waals surface area (Å²) in [6.45, 7) is 2.47. The predicted molar refractivity (Wildman–Crippen MR) is 83.3 cm³/mol. The number of nitrogens with zero attached hydrogens (tertiary/aromatic N) is 1. The minimum atomic E-state index is -0.483. The number of pyridine rings is 1. The van der Waals surface area contributed by atoms with Crippen LogP contribution >= 0.6 is 11.3 Å². The van der Waals surface area contributed by atoms with E-state index >= 15 is 0 Å². The van der Waals surface area contributed by atoms with Gasteiger partial charge in [-0.2, -0.15) is 0 Å². The minimum absolute atomic E-state index is 0.233. The van der Waals surface area contributed by atoms with Gasteiger partial charge < -0.3 is 14.8 Å². The lowest BCUT2D eigenvalue weighted by Crippen LogP contribution is -2.27. The number of carbonyl (C=O) groups excluding carboxylic acids is 2. The van der Waals surface area contributed by atoms with Crippen molar-refractivity contribution in [2.45, 2.75) is 25.9 Å². The van der Waals surface area contributed by atoms with Gasteiger partial charge in [0.1, 0.15) is 15.8 Å². The second-order valence-corrected chi connectivity index (χ2v) is 6.09. The van der Waals surface area contributed by atoms with E-state index in [2.05, 4.69) is 10.3 Å². The van der Waals surface area contributed by atoms with Crippen LogP contribution in [0.3, 0.4) is 0 Å². The fourth-order valence-corrected chi connectivity index (χ4v) is 3.51. The Hall–Kier alpha value is -1.99. The van der Waals surface area contributed by atoms with Crippen LogP contribution in [0.1, 0.15) is 28.2 Å². The molecule has 1 aliphatic heterocycles. The van der Waals surface area contributed by atoms with E-state index in [0.717, 1.165) is 17.5 Å².